The number of nitrogens with one attached hydrogen (secondary N) is 2. The summed E-state index contributed by atoms with van der Waals surface area (Å²) in [5, 5.41) is 6.58. The van der Waals surface area contributed by atoms with Crippen LogP contribution in [0.3, 0.4) is 0 Å². The molecular weight excluding hydrogens is 181 g/mol. The van der Waals surface area contributed by atoms with Crippen molar-refractivity contribution in [3.8, 4) is 0 Å². The maximum atomic E-state index is 12.6. The monoisotopic (exact) mass is 195 g/mol. The van der Waals surface area contributed by atoms with E-state index in [-0.39, 0.29) is 5.82 Å². The van der Waals surface area contributed by atoms with Crippen molar-refractivity contribution >= 4 is 5.82 Å². The van der Waals surface area contributed by atoms with E-state index in [1.54, 1.807) is 6.07 Å². The summed E-state index contributed by atoms with van der Waals surface area (Å²) in [5.41, 5.74) is 0. The first-order chi connectivity index (χ1) is 6.84. The second-order valence-corrected chi connectivity index (χ2v) is 3.53. The Balaban J connectivity index is 1.92. The van der Waals surface area contributed by atoms with Gasteiger partial charge in [-0.15, -0.1) is 0 Å². The highest BCUT2D eigenvalue weighted by atomic mass is 19.1. The van der Waals surface area contributed by atoms with Gasteiger partial charge in [0.25, 0.3) is 0 Å². The van der Waals surface area contributed by atoms with Gasteiger partial charge < -0.3 is 10.6 Å². The van der Waals surface area contributed by atoms with Crippen LogP contribution in [-0.4, -0.2) is 24.1 Å². The lowest BCUT2D eigenvalue weighted by Gasteiger charge is -2.23. The van der Waals surface area contributed by atoms with Gasteiger partial charge in [-0.1, -0.05) is 0 Å². The number of pyridine rings is 1. The van der Waals surface area contributed by atoms with E-state index in [1.807, 2.05) is 0 Å². The number of anilines is 1. The molecule has 1 fully saturated rings. The van der Waals surface area contributed by atoms with Gasteiger partial charge in [-0.2, -0.15) is 0 Å². The molecule has 2 N–H and O–H groups in total. The molecule has 1 aromatic heterocycles. The Bertz CT molecular complexity index is 280. The highest BCUT2D eigenvalue weighted by molar-refractivity contribution is 5.34. The SMILES string of the molecule is Fc1ccc(NC2CCNCC2)nc1. The standard InChI is InChI=1S/C10H14FN3/c11-8-1-2-10(13-7-8)14-9-3-5-12-6-4-9/h1-2,7,9,12H,3-6H2,(H,13,14). The van der Waals surface area contributed by atoms with Crippen LogP contribution in [0.2, 0.25) is 0 Å². The summed E-state index contributed by atoms with van der Waals surface area (Å²) in [7, 11) is 0. The minimum absolute atomic E-state index is 0.291. The Morgan fingerprint density at radius 2 is 2.14 bits per heavy atom. The van der Waals surface area contributed by atoms with Crippen molar-refractivity contribution in [2.45, 2.75) is 18.9 Å². The van der Waals surface area contributed by atoms with Crippen molar-refractivity contribution in [3.05, 3.63) is 24.1 Å². The first-order valence-corrected chi connectivity index (χ1v) is 4.93. The molecular formula is C10H14FN3. The number of rotatable bonds is 2. The Morgan fingerprint density at radius 1 is 1.36 bits per heavy atom. The third-order valence-corrected chi connectivity index (χ3v) is 2.42. The smallest absolute Gasteiger partial charge is 0.141 e. The van der Waals surface area contributed by atoms with Crippen molar-refractivity contribution in [1.82, 2.24) is 10.3 Å². The molecule has 1 saturated heterocycles. The van der Waals surface area contributed by atoms with Crippen LogP contribution in [0.15, 0.2) is 18.3 Å². The van der Waals surface area contributed by atoms with Crippen molar-refractivity contribution in [2.75, 3.05) is 18.4 Å². The minimum atomic E-state index is -0.291. The molecule has 0 saturated carbocycles. The van der Waals surface area contributed by atoms with Crippen LogP contribution in [-0.2, 0) is 0 Å². The largest absolute Gasteiger partial charge is 0.367 e. The molecule has 1 aromatic rings. The molecule has 2 heterocycles. The lowest BCUT2D eigenvalue weighted by molar-refractivity contribution is 0.478. The summed E-state index contributed by atoms with van der Waals surface area (Å²) in [5.74, 6) is 0.471. The molecule has 0 amide bonds. The van der Waals surface area contributed by atoms with E-state index in [0.29, 0.717) is 6.04 Å². The third kappa shape index (κ3) is 2.42. The molecule has 0 aromatic carbocycles. The fraction of sp³-hybridized carbons (Fsp3) is 0.500. The zero-order valence-electron chi connectivity index (χ0n) is 7.96. The molecule has 0 aliphatic carbocycles. The molecule has 3 nitrogen and oxygen atoms in total. The van der Waals surface area contributed by atoms with Gasteiger partial charge >= 0.3 is 0 Å². The molecule has 0 radical (unpaired) electrons. The molecule has 0 unspecified atom stereocenters. The molecule has 0 spiro atoms. The zero-order chi connectivity index (χ0) is 9.80. The topological polar surface area (TPSA) is 37.0 Å². The average molecular weight is 195 g/mol. The molecule has 0 bridgehead atoms. The van der Waals surface area contributed by atoms with Crippen molar-refractivity contribution in [3.63, 3.8) is 0 Å². The maximum Gasteiger partial charge on any atom is 0.141 e. The van der Waals surface area contributed by atoms with Crippen LogP contribution in [0.5, 0.6) is 0 Å². The highest BCUT2D eigenvalue weighted by Gasteiger charge is 2.12. The molecule has 2 rings (SSSR count). The molecule has 1 aliphatic heterocycles. The number of halogens is 1. The Labute approximate surface area is 82.7 Å². The van der Waals surface area contributed by atoms with Gasteiger partial charge in [-0.3, -0.25) is 0 Å². The van der Waals surface area contributed by atoms with E-state index in [9.17, 15) is 4.39 Å². The van der Waals surface area contributed by atoms with Gasteiger partial charge in [0.05, 0.1) is 6.20 Å². The number of hydrogen-bond donors (Lipinski definition) is 2. The Morgan fingerprint density at radius 3 is 2.79 bits per heavy atom. The number of hydrogen-bond acceptors (Lipinski definition) is 3. The van der Waals surface area contributed by atoms with Crippen LogP contribution in [0, 0.1) is 5.82 Å². The number of aromatic nitrogens is 1. The summed E-state index contributed by atoms with van der Waals surface area (Å²) >= 11 is 0. The lowest BCUT2D eigenvalue weighted by atomic mass is 10.1. The average Bonchev–Trinajstić information content (AvgIpc) is 2.23. The van der Waals surface area contributed by atoms with Crippen molar-refractivity contribution < 1.29 is 4.39 Å². The quantitative estimate of drug-likeness (QED) is 0.748. The van der Waals surface area contributed by atoms with E-state index >= 15 is 0 Å². The van der Waals surface area contributed by atoms with E-state index < -0.39 is 0 Å². The number of nitrogens with zero attached hydrogens (tertiary/aromatic N) is 1. The van der Waals surface area contributed by atoms with Gasteiger partial charge in [0.2, 0.25) is 0 Å². The Kier molecular flexibility index (Phi) is 2.93. The molecule has 4 heteroatoms. The third-order valence-electron chi connectivity index (χ3n) is 2.42. The second kappa shape index (κ2) is 4.37. The highest BCUT2D eigenvalue weighted by Crippen LogP contribution is 2.10. The molecule has 1 aliphatic rings. The van der Waals surface area contributed by atoms with Gasteiger partial charge in [-0.05, 0) is 38.1 Å². The maximum absolute atomic E-state index is 12.6. The van der Waals surface area contributed by atoms with E-state index in [2.05, 4.69) is 15.6 Å². The van der Waals surface area contributed by atoms with Crippen LogP contribution in [0.25, 0.3) is 0 Å². The van der Waals surface area contributed by atoms with Crippen molar-refractivity contribution in [2.24, 2.45) is 0 Å². The van der Waals surface area contributed by atoms with Crippen LogP contribution < -0.4 is 10.6 Å². The summed E-state index contributed by atoms with van der Waals surface area (Å²) in [4.78, 5) is 3.97. The predicted octanol–water partition coefficient (Wildman–Crippen LogP) is 1.38. The zero-order valence-corrected chi connectivity index (χ0v) is 7.96. The van der Waals surface area contributed by atoms with Gasteiger partial charge in [-0.25, -0.2) is 9.37 Å². The second-order valence-electron chi connectivity index (χ2n) is 3.53. The lowest BCUT2D eigenvalue weighted by Crippen LogP contribution is -2.35. The van der Waals surface area contributed by atoms with E-state index in [4.69, 9.17) is 0 Å². The minimum Gasteiger partial charge on any atom is -0.367 e. The molecule has 14 heavy (non-hydrogen) atoms. The fourth-order valence-electron chi connectivity index (χ4n) is 1.64. The van der Waals surface area contributed by atoms with Gasteiger partial charge in [0.15, 0.2) is 0 Å². The van der Waals surface area contributed by atoms with Crippen LogP contribution in [0.1, 0.15) is 12.8 Å². The first-order valence-electron chi connectivity index (χ1n) is 4.93. The van der Waals surface area contributed by atoms with E-state index in [0.717, 1.165) is 31.7 Å². The normalized spacial score (nSPS) is 18.1. The van der Waals surface area contributed by atoms with Crippen molar-refractivity contribution in [1.29, 1.82) is 0 Å². The van der Waals surface area contributed by atoms with E-state index in [1.165, 1.54) is 12.3 Å². The summed E-state index contributed by atoms with van der Waals surface area (Å²) < 4.78 is 12.6. The number of piperidine rings is 1. The van der Waals surface area contributed by atoms with Gasteiger partial charge in [0, 0.05) is 6.04 Å². The predicted molar refractivity (Wildman–Crippen MR) is 53.7 cm³/mol. The van der Waals surface area contributed by atoms with Crippen LogP contribution >= 0.6 is 0 Å². The first kappa shape index (κ1) is 9.40. The Hall–Kier alpha value is -1.16. The molecule has 0 atom stereocenters. The van der Waals surface area contributed by atoms with Gasteiger partial charge in [0.1, 0.15) is 11.6 Å². The summed E-state index contributed by atoms with van der Waals surface area (Å²) in [6, 6.07) is 3.57. The molecule has 76 valence electrons. The summed E-state index contributed by atoms with van der Waals surface area (Å²) in [6.07, 6.45) is 3.43. The van der Waals surface area contributed by atoms with Crippen LogP contribution in [0.4, 0.5) is 10.2 Å². The fourth-order valence-corrected chi connectivity index (χ4v) is 1.64. The summed E-state index contributed by atoms with van der Waals surface area (Å²) in [6.45, 7) is 2.08.